The van der Waals surface area contributed by atoms with Gasteiger partial charge in [0, 0.05) is 25.1 Å². The molecule has 1 aliphatic rings. The van der Waals surface area contributed by atoms with Crippen molar-refractivity contribution >= 4 is 11.5 Å². The Balaban J connectivity index is 2.10. The van der Waals surface area contributed by atoms with Crippen LogP contribution in [0.15, 0.2) is 24.4 Å². The van der Waals surface area contributed by atoms with Crippen LogP contribution in [-0.4, -0.2) is 28.7 Å². The quantitative estimate of drug-likeness (QED) is 0.932. The van der Waals surface area contributed by atoms with Gasteiger partial charge in [-0.1, -0.05) is 13.0 Å². The van der Waals surface area contributed by atoms with Crippen LogP contribution >= 0.6 is 0 Å². The Kier molecular flexibility index (Phi) is 3.49. The van der Waals surface area contributed by atoms with Gasteiger partial charge in [0.2, 0.25) is 0 Å². The molecule has 3 heterocycles. The van der Waals surface area contributed by atoms with E-state index in [1.165, 1.54) is 0 Å². The molecule has 1 aliphatic heterocycles. The molecule has 1 saturated heterocycles. The number of carboxylic acids is 1. The standard InChI is InChI=1S/C16H19NO3/c1-2-12-4-3-6-17-13(8-11-5-7-20-10-11)9-14(15(12)17)16(18)19/h3-4,6,9,11H,2,5,7-8,10H2,1H3,(H,18,19). The van der Waals surface area contributed by atoms with Crippen LogP contribution in [0, 0.1) is 5.92 Å². The van der Waals surface area contributed by atoms with E-state index < -0.39 is 5.97 Å². The molecule has 0 aromatic carbocycles. The topological polar surface area (TPSA) is 50.9 Å². The molecule has 0 saturated carbocycles. The van der Waals surface area contributed by atoms with Gasteiger partial charge in [0.15, 0.2) is 0 Å². The lowest BCUT2D eigenvalue weighted by Crippen LogP contribution is -2.06. The smallest absolute Gasteiger partial charge is 0.337 e. The van der Waals surface area contributed by atoms with Crippen LogP contribution in [0.25, 0.3) is 5.52 Å². The predicted molar refractivity (Wildman–Crippen MR) is 76.4 cm³/mol. The maximum absolute atomic E-state index is 11.5. The maximum atomic E-state index is 11.5. The number of fused-ring (bicyclic) bond motifs is 1. The van der Waals surface area contributed by atoms with Crippen LogP contribution in [0.1, 0.15) is 35.0 Å². The molecule has 0 spiro atoms. The molecule has 1 N–H and O–H groups in total. The third-order valence-electron chi connectivity index (χ3n) is 4.09. The first kappa shape index (κ1) is 13.2. The second-order valence-corrected chi connectivity index (χ2v) is 5.39. The number of carboxylic acid groups (broad SMARTS) is 1. The van der Waals surface area contributed by atoms with Crippen molar-refractivity contribution < 1.29 is 14.6 Å². The Bertz CT molecular complexity index is 638. The molecule has 3 rings (SSSR count). The zero-order valence-electron chi connectivity index (χ0n) is 11.6. The van der Waals surface area contributed by atoms with Gasteiger partial charge in [-0.25, -0.2) is 4.79 Å². The predicted octanol–water partition coefficient (Wildman–Crippen LogP) is 2.78. The first-order valence-corrected chi connectivity index (χ1v) is 7.13. The number of hydrogen-bond donors (Lipinski definition) is 1. The molecule has 4 heteroatoms. The lowest BCUT2D eigenvalue weighted by Gasteiger charge is -2.09. The highest BCUT2D eigenvalue weighted by molar-refractivity contribution is 5.97. The molecule has 2 aromatic heterocycles. The molecule has 0 radical (unpaired) electrons. The average molecular weight is 273 g/mol. The van der Waals surface area contributed by atoms with Gasteiger partial charge in [-0.3, -0.25) is 0 Å². The van der Waals surface area contributed by atoms with Gasteiger partial charge in [-0.15, -0.1) is 0 Å². The summed E-state index contributed by atoms with van der Waals surface area (Å²) in [6.45, 7) is 3.65. The summed E-state index contributed by atoms with van der Waals surface area (Å²) >= 11 is 0. The van der Waals surface area contributed by atoms with E-state index in [1.807, 2.05) is 28.8 Å². The van der Waals surface area contributed by atoms with Gasteiger partial charge >= 0.3 is 5.97 Å². The number of nitrogens with zero attached hydrogens (tertiary/aromatic N) is 1. The fourth-order valence-electron chi connectivity index (χ4n) is 3.05. The van der Waals surface area contributed by atoms with Gasteiger partial charge in [-0.2, -0.15) is 0 Å². The molecule has 2 aromatic rings. The summed E-state index contributed by atoms with van der Waals surface area (Å²) in [7, 11) is 0. The van der Waals surface area contributed by atoms with E-state index in [4.69, 9.17) is 4.74 Å². The number of hydrogen-bond acceptors (Lipinski definition) is 2. The van der Waals surface area contributed by atoms with Crippen molar-refractivity contribution in [2.75, 3.05) is 13.2 Å². The van der Waals surface area contributed by atoms with E-state index in [-0.39, 0.29) is 0 Å². The van der Waals surface area contributed by atoms with Crippen LogP contribution < -0.4 is 0 Å². The lowest BCUT2D eigenvalue weighted by atomic mass is 10.0. The molecule has 1 unspecified atom stereocenters. The Morgan fingerprint density at radius 1 is 1.55 bits per heavy atom. The van der Waals surface area contributed by atoms with Gasteiger partial charge in [-0.05, 0) is 42.9 Å². The van der Waals surface area contributed by atoms with E-state index in [0.717, 1.165) is 49.3 Å². The summed E-state index contributed by atoms with van der Waals surface area (Å²) in [6, 6.07) is 5.82. The van der Waals surface area contributed by atoms with Gasteiger partial charge in [0.05, 0.1) is 11.1 Å². The Morgan fingerprint density at radius 2 is 2.40 bits per heavy atom. The number of ether oxygens (including phenoxy) is 1. The van der Waals surface area contributed by atoms with E-state index in [9.17, 15) is 9.90 Å². The number of aromatic carboxylic acids is 1. The van der Waals surface area contributed by atoms with Crippen molar-refractivity contribution in [2.45, 2.75) is 26.2 Å². The van der Waals surface area contributed by atoms with Gasteiger partial charge in [0.1, 0.15) is 0 Å². The highest BCUT2D eigenvalue weighted by atomic mass is 16.5. The van der Waals surface area contributed by atoms with Crippen molar-refractivity contribution in [2.24, 2.45) is 5.92 Å². The van der Waals surface area contributed by atoms with E-state index in [1.54, 1.807) is 0 Å². The highest BCUT2D eigenvalue weighted by Crippen LogP contribution is 2.25. The minimum Gasteiger partial charge on any atom is -0.478 e. The number of pyridine rings is 1. The first-order valence-electron chi connectivity index (χ1n) is 7.13. The molecule has 1 fully saturated rings. The molecular formula is C16H19NO3. The van der Waals surface area contributed by atoms with Crippen LogP contribution in [-0.2, 0) is 17.6 Å². The molecular weight excluding hydrogens is 254 g/mol. The fourth-order valence-corrected chi connectivity index (χ4v) is 3.05. The lowest BCUT2D eigenvalue weighted by molar-refractivity contribution is 0.0699. The summed E-state index contributed by atoms with van der Waals surface area (Å²) < 4.78 is 7.46. The SMILES string of the molecule is CCc1cccn2c(CC3CCOC3)cc(C(=O)O)c12. The molecule has 4 nitrogen and oxygen atoms in total. The minimum absolute atomic E-state index is 0.413. The maximum Gasteiger partial charge on any atom is 0.337 e. The van der Waals surface area contributed by atoms with Crippen molar-refractivity contribution in [3.05, 3.63) is 41.2 Å². The van der Waals surface area contributed by atoms with Gasteiger partial charge in [0.25, 0.3) is 0 Å². The third-order valence-corrected chi connectivity index (χ3v) is 4.09. The minimum atomic E-state index is -0.850. The molecule has 0 aliphatic carbocycles. The van der Waals surface area contributed by atoms with Crippen molar-refractivity contribution in [3.63, 3.8) is 0 Å². The Morgan fingerprint density at radius 3 is 3.05 bits per heavy atom. The average Bonchev–Trinajstić information content (AvgIpc) is 3.07. The number of aryl methyl sites for hydroxylation is 1. The number of rotatable bonds is 4. The number of carbonyl (C=O) groups is 1. The van der Waals surface area contributed by atoms with Crippen LogP contribution in [0.5, 0.6) is 0 Å². The summed E-state index contributed by atoms with van der Waals surface area (Å²) in [5.74, 6) is -0.350. The molecule has 1 atom stereocenters. The highest BCUT2D eigenvalue weighted by Gasteiger charge is 2.21. The fraction of sp³-hybridized carbons (Fsp3) is 0.438. The van der Waals surface area contributed by atoms with E-state index >= 15 is 0 Å². The summed E-state index contributed by atoms with van der Waals surface area (Å²) in [4.78, 5) is 11.5. The second-order valence-electron chi connectivity index (χ2n) is 5.39. The monoisotopic (exact) mass is 273 g/mol. The number of aromatic nitrogens is 1. The van der Waals surface area contributed by atoms with Crippen LogP contribution in [0.3, 0.4) is 0 Å². The first-order chi connectivity index (χ1) is 9.70. The molecule has 0 bridgehead atoms. The molecule has 0 amide bonds. The molecule has 20 heavy (non-hydrogen) atoms. The van der Waals surface area contributed by atoms with E-state index in [2.05, 4.69) is 6.92 Å². The largest absolute Gasteiger partial charge is 0.478 e. The van der Waals surface area contributed by atoms with Crippen LogP contribution in [0.4, 0.5) is 0 Å². The second kappa shape index (κ2) is 5.29. The molecule has 106 valence electrons. The van der Waals surface area contributed by atoms with Crippen molar-refractivity contribution in [1.82, 2.24) is 4.40 Å². The summed E-state index contributed by atoms with van der Waals surface area (Å²) in [6.07, 6.45) is 4.73. The normalized spacial score (nSPS) is 18.8. The van der Waals surface area contributed by atoms with Crippen molar-refractivity contribution in [3.8, 4) is 0 Å². The summed E-state index contributed by atoms with van der Waals surface area (Å²) in [5.41, 5.74) is 3.41. The van der Waals surface area contributed by atoms with E-state index in [0.29, 0.717) is 11.5 Å². The van der Waals surface area contributed by atoms with Crippen LogP contribution in [0.2, 0.25) is 0 Å². The zero-order valence-corrected chi connectivity index (χ0v) is 11.6. The Hall–Kier alpha value is -1.81. The summed E-state index contributed by atoms with van der Waals surface area (Å²) in [5, 5.41) is 9.44. The third kappa shape index (κ3) is 2.20. The van der Waals surface area contributed by atoms with Crippen molar-refractivity contribution in [1.29, 1.82) is 0 Å². The van der Waals surface area contributed by atoms with Gasteiger partial charge < -0.3 is 14.2 Å². The Labute approximate surface area is 118 Å². The zero-order chi connectivity index (χ0) is 14.1.